The number of ether oxygens (including phenoxy) is 1. The first kappa shape index (κ1) is 19.9. The van der Waals surface area contributed by atoms with Crippen LogP contribution < -0.4 is 10.1 Å². The van der Waals surface area contributed by atoms with E-state index in [0.717, 1.165) is 34.0 Å². The fourth-order valence-corrected chi connectivity index (χ4v) is 3.44. The fourth-order valence-electron chi connectivity index (χ4n) is 3.31. The number of aromatic nitrogens is 1. The van der Waals surface area contributed by atoms with Crippen LogP contribution in [0.5, 0.6) is 5.75 Å². The summed E-state index contributed by atoms with van der Waals surface area (Å²) in [4.78, 5) is 17.3. The van der Waals surface area contributed by atoms with Gasteiger partial charge in [0.05, 0.1) is 18.3 Å². The van der Waals surface area contributed by atoms with Crippen molar-refractivity contribution >= 4 is 34.1 Å². The van der Waals surface area contributed by atoms with E-state index in [1.54, 1.807) is 19.2 Å². The van der Waals surface area contributed by atoms with Crippen molar-refractivity contribution in [2.45, 2.75) is 13.3 Å². The van der Waals surface area contributed by atoms with E-state index in [1.807, 2.05) is 54.7 Å². The second-order valence-corrected chi connectivity index (χ2v) is 7.42. The molecule has 5 heteroatoms. The molecule has 0 atom stereocenters. The normalized spacial score (nSPS) is 10.8. The molecule has 0 aliphatic heterocycles. The Kier molecular flexibility index (Phi) is 5.68. The maximum Gasteiger partial charge on any atom is 0.255 e. The zero-order valence-corrected chi connectivity index (χ0v) is 17.5. The average Bonchev–Trinajstić information content (AvgIpc) is 2.79. The molecule has 1 amide bonds. The summed E-state index contributed by atoms with van der Waals surface area (Å²) in [6.45, 7) is 2.09. The first-order valence-corrected chi connectivity index (χ1v) is 10.1. The Morgan fingerprint density at radius 2 is 1.67 bits per heavy atom. The number of carbonyl (C=O) groups excluding carboxylic acids is 1. The van der Waals surface area contributed by atoms with Crippen LogP contribution in [0.2, 0.25) is 5.02 Å². The van der Waals surface area contributed by atoms with Crippen molar-refractivity contribution in [1.29, 1.82) is 0 Å². The second kappa shape index (κ2) is 8.56. The van der Waals surface area contributed by atoms with Gasteiger partial charge in [-0.3, -0.25) is 9.78 Å². The zero-order valence-electron chi connectivity index (χ0n) is 16.8. The quantitative estimate of drug-likeness (QED) is 0.410. The second-order valence-electron chi connectivity index (χ2n) is 6.98. The SMILES string of the molecule is CCc1cnc2cc(NC(=O)c3ccc(-c4ccc(Cl)cc4)cc3)c(OC)cc2c1. The third-order valence-electron chi connectivity index (χ3n) is 5.04. The van der Waals surface area contributed by atoms with Gasteiger partial charge in [0.2, 0.25) is 0 Å². The lowest BCUT2D eigenvalue weighted by Gasteiger charge is -2.12. The number of fused-ring (bicyclic) bond motifs is 1. The number of rotatable bonds is 5. The van der Waals surface area contributed by atoms with Crippen molar-refractivity contribution in [2.24, 2.45) is 0 Å². The van der Waals surface area contributed by atoms with Crippen LogP contribution in [0.3, 0.4) is 0 Å². The Bertz CT molecular complexity index is 1200. The third kappa shape index (κ3) is 4.14. The predicted molar refractivity (Wildman–Crippen MR) is 123 cm³/mol. The molecule has 0 saturated heterocycles. The first-order valence-electron chi connectivity index (χ1n) is 9.71. The van der Waals surface area contributed by atoms with Crippen LogP contribution in [-0.4, -0.2) is 18.0 Å². The van der Waals surface area contributed by atoms with Crippen molar-refractivity contribution in [3.63, 3.8) is 0 Å². The van der Waals surface area contributed by atoms with Gasteiger partial charge in [-0.2, -0.15) is 0 Å². The van der Waals surface area contributed by atoms with Crippen LogP contribution in [-0.2, 0) is 6.42 Å². The molecule has 150 valence electrons. The van der Waals surface area contributed by atoms with E-state index in [0.29, 0.717) is 22.0 Å². The summed E-state index contributed by atoms with van der Waals surface area (Å²) in [7, 11) is 1.59. The molecule has 4 aromatic rings. The minimum Gasteiger partial charge on any atom is -0.495 e. The van der Waals surface area contributed by atoms with Gasteiger partial charge in [0, 0.05) is 22.2 Å². The smallest absolute Gasteiger partial charge is 0.255 e. The molecule has 0 aliphatic rings. The van der Waals surface area contributed by atoms with Gasteiger partial charge in [-0.15, -0.1) is 0 Å². The summed E-state index contributed by atoms with van der Waals surface area (Å²) in [5.74, 6) is 0.393. The first-order chi connectivity index (χ1) is 14.6. The average molecular weight is 417 g/mol. The van der Waals surface area contributed by atoms with Gasteiger partial charge >= 0.3 is 0 Å². The minimum absolute atomic E-state index is 0.208. The lowest BCUT2D eigenvalue weighted by molar-refractivity contribution is 0.102. The Morgan fingerprint density at radius 3 is 2.30 bits per heavy atom. The molecular formula is C25H21ClN2O2. The van der Waals surface area contributed by atoms with Gasteiger partial charge < -0.3 is 10.1 Å². The molecule has 1 heterocycles. The summed E-state index contributed by atoms with van der Waals surface area (Å²) in [6, 6.07) is 20.9. The number of benzene rings is 3. The molecule has 0 spiro atoms. The predicted octanol–water partition coefficient (Wildman–Crippen LogP) is 6.38. The summed E-state index contributed by atoms with van der Waals surface area (Å²) in [6.07, 6.45) is 2.77. The third-order valence-corrected chi connectivity index (χ3v) is 5.29. The van der Waals surface area contributed by atoms with E-state index in [9.17, 15) is 4.79 Å². The highest BCUT2D eigenvalue weighted by atomic mass is 35.5. The lowest BCUT2D eigenvalue weighted by Crippen LogP contribution is -2.12. The van der Waals surface area contributed by atoms with E-state index in [1.165, 1.54) is 0 Å². The number of halogens is 1. The number of hydrogen-bond acceptors (Lipinski definition) is 3. The van der Waals surface area contributed by atoms with Gasteiger partial charge in [-0.25, -0.2) is 0 Å². The number of aryl methyl sites for hydroxylation is 1. The molecule has 0 radical (unpaired) electrons. The number of hydrogen-bond donors (Lipinski definition) is 1. The standard InChI is InChI=1S/C25H21ClN2O2/c1-3-16-12-20-13-24(30-2)23(14-22(20)27-15-16)28-25(29)19-6-4-17(5-7-19)18-8-10-21(26)11-9-18/h4-15H,3H2,1-2H3,(H,28,29). The molecule has 0 aliphatic carbocycles. The Labute approximate surface area is 180 Å². The molecule has 4 rings (SSSR count). The molecule has 0 saturated carbocycles. The van der Waals surface area contributed by atoms with Gasteiger partial charge in [-0.1, -0.05) is 42.8 Å². The van der Waals surface area contributed by atoms with E-state index in [4.69, 9.17) is 16.3 Å². The van der Waals surface area contributed by atoms with Gasteiger partial charge in [-0.05, 0) is 65.6 Å². The van der Waals surface area contributed by atoms with E-state index >= 15 is 0 Å². The van der Waals surface area contributed by atoms with Crippen LogP contribution >= 0.6 is 11.6 Å². The number of carbonyl (C=O) groups is 1. The van der Waals surface area contributed by atoms with E-state index in [-0.39, 0.29) is 5.91 Å². The van der Waals surface area contributed by atoms with Crippen LogP contribution in [0.1, 0.15) is 22.8 Å². The molecule has 0 fully saturated rings. The highest BCUT2D eigenvalue weighted by molar-refractivity contribution is 6.30. The Balaban J connectivity index is 1.58. The fraction of sp³-hybridized carbons (Fsp3) is 0.120. The molecular weight excluding hydrogens is 396 g/mol. The van der Waals surface area contributed by atoms with E-state index < -0.39 is 0 Å². The van der Waals surface area contributed by atoms with Gasteiger partial charge in [0.1, 0.15) is 5.75 Å². The van der Waals surface area contributed by atoms with Crippen molar-refractivity contribution in [3.8, 4) is 16.9 Å². The summed E-state index contributed by atoms with van der Waals surface area (Å²) in [5, 5.41) is 4.62. The van der Waals surface area contributed by atoms with Crippen molar-refractivity contribution < 1.29 is 9.53 Å². The van der Waals surface area contributed by atoms with Crippen LogP contribution in [0, 0.1) is 0 Å². The van der Waals surface area contributed by atoms with Crippen molar-refractivity contribution in [3.05, 3.63) is 89.1 Å². The Morgan fingerprint density at radius 1 is 1.00 bits per heavy atom. The summed E-state index contributed by atoms with van der Waals surface area (Å²) < 4.78 is 5.50. The molecule has 4 nitrogen and oxygen atoms in total. The summed E-state index contributed by atoms with van der Waals surface area (Å²) >= 11 is 5.95. The Hall–Kier alpha value is -3.37. The molecule has 30 heavy (non-hydrogen) atoms. The van der Waals surface area contributed by atoms with Crippen LogP contribution in [0.4, 0.5) is 5.69 Å². The molecule has 1 N–H and O–H groups in total. The maximum atomic E-state index is 12.8. The number of amides is 1. The van der Waals surface area contributed by atoms with E-state index in [2.05, 4.69) is 23.3 Å². The molecule has 3 aromatic carbocycles. The highest BCUT2D eigenvalue weighted by Gasteiger charge is 2.12. The maximum absolute atomic E-state index is 12.8. The lowest BCUT2D eigenvalue weighted by atomic mass is 10.0. The number of nitrogens with zero attached hydrogens (tertiary/aromatic N) is 1. The monoisotopic (exact) mass is 416 g/mol. The number of nitrogens with one attached hydrogen (secondary N) is 1. The summed E-state index contributed by atoms with van der Waals surface area (Å²) in [5.41, 5.74) is 5.17. The number of anilines is 1. The molecule has 0 bridgehead atoms. The number of methoxy groups -OCH3 is 1. The minimum atomic E-state index is -0.208. The topological polar surface area (TPSA) is 51.2 Å². The zero-order chi connectivity index (χ0) is 21.1. The van der Waals surface area contributed by atoms with Crippen LogP contribution in [0.15, 0.2) is 72.9 Å². The molecule has 1 aromatic heterocycles. The van der Waals surface area contributed by atoms with Crippen LogP contribution in [0.25, 0.3) is 22.0 Å². The number of pyridine rings is 1. The molecule has 0 unspecified atom stereocenters. The van der Waals surface area contributed by atoms with Gasteiger partial charge in [0.25, 0.3) is 5.91 Å². The van der Waals surface area contributed by atoms with Gasteiger partial charge in [0.15, 0.2) is 0 Å². The van der Waals surface area contributed by atoms with Crippen molar-refractivity contribution in [1.82, 2.24) is 4.98 Å². The highest BCUT2D eigenvalue weighted by Crippen LogP contribution is 2.30. The largest absolute Gasteiger partial charge is 0.495 e. The van der Waals surface area contributed by atoms with Crippen molar-refractivity contribution in [2.75, 3.05) is 12.4 Å².